The van der Waals surface area contributed by atoms with Gasteiger partial charge in [0.1, 0.15) is 5.69 Å². The van der Waals surface area contributed by atoms with Gasteiger partial charge in [-0.25, -0.2) is 5.43 Å². The van der Waals surface area contributed by atoms with E-state index >= 15 is 0 Å². The van der Waals surface area contributed by atoms with Crippen LogP contribution in [0.4, 0.5) is 0 Å². The van der Waals surface area contributed by atoms with Gasteiger partial charge in [-0.05, 0) is 6.07 Å². The van der Waals surface area contributed by atoms with Gasteiger partial charge in [0.05, 0.1) is 12.2 Å². The van der Waals surface area contributed by atoms with E-state index in [1.807, 2.05) is 0 Å². The molecule has 0 aliphatic heterocycles. The first-order chi connectivity index (χ1) is 9.18. The Morgan fingerprint density at radius 1 is 1.32 bits per heavy atom. The Morgan fingerprint density at radius 2 is 2.11 bits per heavy atom. The molecule has 0 radical (unpaired) electrons. The zero-order valence-corrected chi connectivity index (χ0v) is 9.66. The number of carboxylic acids is 1. The fourth-order valence-corrected chi connectivity index (χ4v) is 1.40. The predicted molar refractivity (Wildman–Crippen MR) is 64.4 cm³/mol. The number of aromatic carboxylic acids is 1. The monoisotopic (exact) mass is 257 g/mol. The molecule has 7 nitrogen and oxygen atoms in total. The highest BCUT2D eigenvalue weighted by molar-refractivity contribution is 5.98. The normalized spacial score (nSPS) is 10.5. The second-order valence-corrected chi connectivity index (χ2v) is 3.54. The van der Waals surface area contributed by atoms with E-state index in [1.54, 1.807) is 18.2 Å². The minimum absolute atomic E-state index is 0.00189. The summed E-state index contributed by atoms with van der Waals surface area (Å²) in [5.74, 6) is -1.78. The SMILES string of the molecule is O=C(N/N=C\c1ccccc1C(=O)[O-])c1ccn[nH]1. The molecule has 0 aliphatic rings. The molecular formula is C12H9N4O3-. The zero-order chi connectivity index (χ0) is 13.7. The molecule has 7 heteroatoms. The molecule has 1 aromatic heterocycles. The number of amides is 1. The van der Waals surface area contributed by atoms with Crippen LogP contribution in [0.15, 0.2) is 41.6 Å². The van der Waals surface area contributed by atoms with Crippen LogP contribution in [-0.2, 0) is 0 Å². The molecule has 1 heterocycles. The van der Waals surface area contributed by atoms with Crippen molar-refractivity contribution in [3.63, 3.8) is 0 Å². The van der Waals surface area contributed by atoms with E-state index < -0.39 is 11.9 Å². The molecule has 1 aromatic carbocycles. The largest absolute Gasteiger partial charge is 0.545 e. The number of nitrogens with zero attached hydrogens (tertiary/aromatic N) is 2. The third-order valence-corrected chi connectivity index (χ3v) is 2.30. The van der Waals surface area contributed by atoms with Crippen LogP contribution in [0.2, 0.25) is 0 Å². The second kappa shape index (κ2) is 5.58. The molecule has 0 bridgehead atoms. The van der Waals surface area contributed by atoms with Crippen molar-refractivity contribution in [2.45, 2.75) is 0 Å². The van der Waals surface area contributed by atoms with Crippen LogP contribution in [0, 0.1) is 0 Å². The minimum atomic E-state index is -1.30. The Labute approximate surface area is 108 Å². The molecule has 19 heavy (non-hydrogen) atoms. The maximum absolute atomic E-state index is 11.5. The number of aromatic amines is 1. The highest BCUT2D eigenvalue weighted by atomic mass is 16.4. The highest BCUT2D eigenvalue weighted by Crippen LogP contribution is 2.04. The van der Waals surface area contributed by atoms with Crippen LogP contribution in [0.25, 0.3) is 0 Å². The number of rotatable bonds is 4. The number of carbonyl (C=O) groups is 2. The summed E-state index contributed by atoms with van der Waals surface area (Å²) >= 11 is 0. The van der Waals surface area contributed by atoms with E-state index in [1.165, 1.54) is 24.5 Å². The van der Waals surface area contributed by atoms with E-state index in [9.17, 15) is 14.7 Å². The summed E-state index contributed by atoms with van der Waals surface area (Å²) in [5.41, 5.74) is 2.84. The molecular weight excluding hydrogens is 248 g/mol. The number of nitrogens with one attached hydrogen (secondary N) is 2. The lowest BCUT2D eigenvalue weighted by Gasteiger charge is -2.05. The number of hydrazone groups is 1. The Hall–Kier alpha value is -2.96. The fourth-order valence-electron chi connectivity index (χ4n) is 1.40. The van der Waals surface area contributed by atoms with Gasteiger partial charge >= 0.3 is 0 Å². The molecule has 0 saturated carbocycles. The first kappa shape index (κ1) is 12.5. The maximum Gasteiger partial charge on any atom is 0.289 e. The summed E-state index contributed by atoms with van der Waals surface area (Å²) in [6, 6.07) is 7.67. The molecule has 2 rings (SSSR count). The summed E-state index contributed by atoms with van der Waals surface area (Å²) in [5, 5.41) is 20.6. The van der Waals surface area contributed by atoms with Gasteiger partial charge in [0.2, 0.25) is 0 Å². The molecule has 1 amide bonds. The van der Waals surface area contributed by atoms with E-state index in [0.717, 1.165) is 0 Å². The molecule has 0 atom stereocenters. The summed E-state index contributed by atoms with van der Waals surface area (Å²) in [4.78, 5) is 22.3. The number of carbonyl (C=O) groups excluding carboxylic acids is 2. The van der Waals surface area contributed by atoms with E-state index in [4.69, 9.17) is 0 Å². The topological polar surface area (TPSA) is 110 Å². The lowest BCUT2D eigenvalue weighted by molar-refractivity contribution is -0.255. The van der Waals surface area contributed by atoms with Gasteiger partial charge in [0.15, 0.2) is 0 Å². The number of hydrogen-bond donors (Lipinski definition) is 2. The van der Waals surface area contributed by atoms with Gasteiger partial charge < -0.3 is 9.90 Å². The Balaban J connectivity index is 2.07. The lowest BCUT2D eigenvalue weighted by atomic mass is 10.1. The number of aromatic nitrogens is 2. The summed E-state index contributed by atoms with van der Waals surface area (Å²) < 4.78 is 0. The number of benzene rings is 1. The van der Waals surface area contributed by atoms with Crippen molar-refractivity contribution in [1.82, 2.24) is 15.6 Å². The molecule has 0 unspecified atom stereocenters. The van der Waals surface area contributed by atoms with E-state index in [2.05, 4.69) is 20.7 Å². The standard InChI is InChI=1S/C12H10N4O3/c17-11(10-5-6-13-15-10)16-14-7-8-3-1-2-4-9(8)12(18)19/h1-7H,(H,13,15)(H,16,17)(H,18,19)/p-1/b14-7-. The second-order valence-electron chi connectivity index (χ2n) is 3.54. The van der Waals surface area contributed by atoms with E-state index in [0.29, 0.717) is 5.56 Å². The van der Waals surface area contributed by atoms with Crippen LogP contribution in [0.3, 0.4) is 0 Å². The number of carboxylic acid groups (broad SMARTS) is 1. The van der Waals surface area contributed by atoms with Gasteiger partial charge in [-0.2, -0.15) is 10.2 Å². The summed E-state index contributed by atoms with van der Waals surface area (Å²) in [6.45, 7) is 0. The quantitative estimate of drug-likeness (QED) is 0.570. The molecule has 96 valence electrons. The third kappa shape index (κ3) is 3.03. The van der Waals surface area contributed by atoms with Crippen LogP contribution in [0.5, 0.6) is 0 Å². The first-order valence-electron chi connectivity index (χ1n) is 5.31. The Morgan fingerprint density at radius 3 is 2.79 bits per heavy atom. The molecule has 0 aliphatic carbocycles. The van der Waals surface area contributed by atoms with Gasteiger partial charge in [0.25, 0.3) is 5.91 Å². The number of H-pyrrole nitrogens is 1. The fraction of sp³-hybridized carbons (Fsp3) is 0. The predicted octanol–water partition coefficient (Wildman–Crippen LogP) is -0.463. The van der Waals surface area contributed by atoms with Crippen LogP contribution < -0.4 is 10.5 Å². The average molecular weight is 257 g/mol. The first-order valence-corrected chi connectivity index (χ1v) is 5.31. The van der Waals surface area contributed by atoms with E-state index in [-0.39, 0.29) is 11.3 Å². The van der Waals surface area contributed by atoms with Crippen LogP contribution in [-0.4, -0.2) is 28.3 Å². The average Bonchev–Trinajstić information content (AvgIpc) is 2.93. The van der Waals surface area contributed by atoms with Crippen molar-refractivity contribution in [1.29, 1.82) is 0 Å². The molecule has 0 saturated heterocycles. The lowest BCUT2D eigenvalue weighted by Crippen LogP contribution is -2.24. The Bertz CT molecular complexity index is 620. The highest BCUT2D eigenvalue weighted by Gasteiger charge is 2.04. The molecule has 0 spiro atoms. The summed E-state index contributed by atoms with van der Waals surface area (Å²) in [7, 11) is 0. The maximum atomic E-state index is 11.5. The van der Waals surface area contributed by atoms with Gasteiger partial charge in [0, 0.05) is 17.3 Å². The molecule has 2 N–H and O–H groups in total. The van der Waals surface area contributed by atoms with Crippen molar-refractivity contribution in [3.8, 4) is 0 Å². The number of hydrogen-bond acceptors (Lipinski definition) is 5. The van der Waals surface area contributed by atoms with Crippen molar-refractivity contribution < 1.29 is 14.7 Å². The smallest absolute Gasteiger partial charge is 0.289 e. The van der Waals surface area contributed by atoms with Crippen LogP contribution in [0.1, 0.15) is 26.4 Å². The van der Waals surface area contributed by atoms with Crippen molar-refractivity contribution in [2.75, 3.05) is 0 Å². The Kier molecular flexibility index (Phi) is 3.67. The molecule has 0 fully saturated rings. The van der Waals surface area contributed by atoms with Crippen molar-refractivity contribution in [3.05, 3.63) is 53.3 Å². The third-order valence-electron chi connectivity index (χ3n) is 2.30. The zero-order valence-electron chi connectivity index (χ0n) is 9.66. The van der Waals surface area contributed by atoms with Gasteiger partial charge in [-0.3, -0.25) is 9.89 Å². The molecule has 2 aromatic rings. The van der Waals surface area contributed by atoms with Gasteiger partial charge in [-0.15, -0.1) is 0 Å². The van der Waals surface area contributed by atoms with Gasteiger partial charge in [-0.1, -0.05) is 24.3 Å². The minimum Gasteiger partial charge on any atom is -0.545 e. The van der Waals surface area contributed by atoms with Crippen LogP contribution >= 0.6 is 0 Å². The summed E-state index contributed by atoms with van der Waals surface area (Å²) in [6.07, 6.45) is 2.67. The van der Waals surface area contributed by atoms with Crippen molar-refractivity contribution in [2.24, 2.45) is 5.10 Å². The van der Waals surface area contributed by atoms with Crippen molar-refractivity contribution >= 4 is 18.1 Å².